The Balaban J connectivity index is 2.24. The van der Waals surface area contributed by atoms with Crippen LogP contribution in [-0.2, 0) is 0 Å². The van der Waals surface area contributed by atoms with Crippen LogP contribution >= 0.6 is 11.6 Å². The highest BCUT2D eigenvalue weighted by atomic mass is 35.5. The largest absolute Gasteiger partial charge is 0.495 e. The minimum absolute atomic E-state index is 0.208. The lowest BCUT2D eigenvalue weighted by Crippen LogP contribution is -2.17. The van der Waals surface area contributed by atoms with Crippen LogP contribution in [0.5, 0.6) is 5.75 Å². The predicted octanol–water partition coefficient (Wildman–Crippen LogP) is 3.52. The van der Waals surface area contributed by atoms with Gasteiger partial charge in [0.05, 0.1) is 12.8 Å². The highest BCUT2D eigenvalue weighted by molar-refractivity contribution is 6.31. The summed E-state index contributed by atoms with van der Waals surface area (Å²) in [5, 5.41) is 6.49. The summed E-state index contributed by atoms with van der Waals surface area (Å²) >= 11 is 6.07. The number of nitrogens with one attached hydrogen (secondary N) is 2. The first-order valence-electron chi connectivity index (χ1n) is 7.14. The van der Waals surface area contributed by atoms with Crippen LogP contribution in [0.15, 0.2) is 24.5 Å². The van der Waals surface area contributed by atoms with Crippen LogP contribution in [0.1, 0.15) is 29.9 Å². The van der Waals surface area contributed by atoms with Gasteiger partial charge in [0.15, 0.2) is 0 Å². The zero-order valence-corrected chi connectivity index (χ0v) is 14.2. The Morgan fingerprint density at radius 3 is 2.65 bits per heavy atom. The monoisotopic (exact) mass is 334 g/mol. The molecule has 6 nitrogen and oxygen atoms in total. The van der Waals surface area contributed by atoms with Crippen LogP contribution in [0.3, 0.4) is 0 Å². The molecule has 0 atom stereocenters. The molecule has 0 aliphatic rings. The third-order valence-electron chi connectivity index (χ3n) is 3.07. The lowest BCUT2D eigenvalue weighted by Gasteiger charge is -2.13. The summed E-state index contributed by atoms with van der Waals surface area (Å²) in [4.78, 5) is 20.5. The van der Waals surface area contributed by atoms with E-state index < -0.39 is 0 Å². The maximum absolute atomic E-state index is 12.4. The van der Waals surface area contributed by atoms with E-state index >= 15 is 0 Å². The molecule has 0 fully saturated rings. The fraction of sp³-hybridized carbons (Fsp3) is 0.312. The fourth-order valence-corrected chi connectivity index (χ4v) is 2.13. The van der Waals surface area contributed by atoms with Crippen LogP contribution in [-0.4, -0.2) is 29.0 Å². The topological polar surface area (TPSA) is 76.1 Å². The van der Waals surface area contributed by atoms with Gasteiger partial charge < -0.3 is 15.4 Å². The summed E-state index contributed by atoms with van der Waals surface area (Å²) in [7, 11) is 1.52. The maximum atomic E-state index is 12.4. The minimum atomic E-state index is -0.348. The SMILES string of the molecule is COc1cc(Cl)c(C)cc1NC(=O)c1cc(NC(C)C)ncn1. The second-order valence-electron chi connectivity index (χ2n) is 5.34. The second-order valence-corrected chi connectivity index (χ2v) is 5.75. The van der Waals surface area contributed by atoms with Crippen molar-refractivity contribution >= 4 is 29.0 Å². The maximum Gasteiger partial charge on any atom is 0.274 e. The van der Waals surface area contributed by atoms with E-state index in [1.54, 1.807) is 18.2 Å². The Kier molecular flexibility index (Phi) is 5.39. The number of carbonyl (C=O) groups excluding carboxylic acids is 1. The number of aromatic nitrogens is 2. The van der Waals surface area contributed by atoms with Gasteiger partial charge in [-0.15, -0.1) is 0 Å². The highest BCUT2D eigenvalue weighted by Crippen LogP contribution is 2.31. The minimum Gasteiger partial charge on any atom is -0.495 e. The van der Waals surface area contributed by atoms with Crippen molar-refractivity contribution in [1.82, 2.24) is 9.97 Å². The molecule has 1 amide bonds. The number of benzene rings is 1. The number of methoxy groups -OCH3 is 1. The Labute approximate surface area is 140 Å². The van der Waals surface area contributed by atoms with E-state index in [4.69, 9.17) is 16.3 Å². The molecule has 0 saturated carbocycles. The van der Waals surface area contributed by atoms with E-state index in [9.17, 15) is 4.79 Å². The number of ether oxygens (including phenoxy) is 1. The van der Waals surface area contributed by atoms with E-state index in [0.29, 0.717) is 22.3 Å². The first-order chi connectivity index (χ1) is 10.9. The number of hydrogen-bond acceptors (Lipinski definition) is 5. The smallest absolute Gasteiger partial charge is 0.274 e. The van der Waals surface area contributed by atoms with Crippen molar-refractivity contribution < 1.29 is 9.53 Å². The van der Waals surface area contributed by atoms with Crippen molar-refractivity contribution in [3.8, 4) is 5.75 Å². The molecule has 0 spiro atoms. The molecule has 0 aliphatic heterocycles. The van der Waals surface area contributed by atoms with Crippen LogP contribution < -0.4 is 15.4 Å². The molecule has 1 aromatic carbocycles. The number of anilines is 2. The Bertz CT molecular complexity index is 719. The standard InChI is InChI=1S/C16H19ClN4O2/c1-9(2)20-15-7-13(18-8-19-15)16(22)21-12-5-10(3)11(17)6-14(12)23-4/h5-9H,1-4H3,(H,21,22)(H,18,19,20). The fourth-order valence-electron chi connectivity index (χ4n) is 1.97. The van der Waals surface area contributed by atoms with Crippen molar-refractivity contribution in [2.24, 2.45) is 0 Å². The van der Waals surface area contributed by atoms with Gasteiger partial charge in [-0.3, -0.25) is 4.79 Å². The molecule has 2 N–H and O–H groups in total. The number of nitrogens with zero attached hydrogens (tertiary/aromatic N) is 2. The second kappa shape index (κ2) is 7.28. The number of carbonyl (C=O) groups is 1. The average molecular weight is 335 g/mol. The van der Waals surface area contributed by atoms with Gasteiger partial charge in [-0.2, -0.15) is 0 Å². The molecule has 0 unspecified atom stereocenters. The van der Waals surface area contributed by atoms with Gasteiger partial charge in [0.1, 0.15) is 23.6 Å². The molecule has 2 aromatic rings. The van der Waals surface area contributed by atoms with Gasteiger partial charge in [-0.05, 0) is 32.4 Å². The molecule has 7 heteroatoms. The molecule has 0 aliphatic carbocycles. The number of halogens is 1. The number of aryl methyl sites for hydroxylation is 1. The average Bonchev–Trinajstić information content (AvgIpc) is 2.50. The van der Waals surface area contributed by atoms with Crippen LogP contribution in [0.2, 0.25) is 5.02 Å². The summed E-state index contributed by atoms with van der Waals surface area (Å²) in [5.41, 5.74) is 1.64. The van der Waals surface area contributed by atoms with Gasteiger partial charge in [-0.1, -0.05) is 11.6 Å². The Morgan fingerprint density at radius 2 is 2.00 bits per heavy atom. The Hall–Kier alpha value is -2.34. The van der Waals surface area contributed by atoms with Crippen molar-refractivity contribution in [3.05, 3.63) is 40.8 Å². The zero-order valence-electron chi connectivity index (χ0n) is 13.5. The van der Waals surface area contributed by atoms with E-state index in [1.807, 2.05) is 20.8 Å². The van der Waals surface area contributed by atoms with E-state index in [-0.39, 0.29) is 17.6 Å². The van der Waals surface area contributed by atoms with Gasteiger partial charge in [0.25, 0.3) is 5.91 Å². The highest BCUT2D eigenvalue weighted by Gasteiger charge is 2.14. The van der Waals surface area contributed by atoms with Crippen molar-refractivity contribution in [3.63, 3.8) is 0 Å². The molecule has 23 heavy (non-hydrogen) atoms. The van der Waals surface area contributed by atoms with Crippen LogP contribution in [0, 0.1) is 6.92 Å². The van der Waals surface area contributed by atoms with E-state index in [2.05, 4.69) is 20.6 Å². The van der Waals surface area contributed by atoms with E-state index in [1.165, 1.54) is 13.4 Å². The molecular formula is C16H19ClN4O2. The van der Waals surface area contributed by atoms with E-state index in [0.717, 1.165) is 5.56 Å². The first-order valence-corrected chi connectivity index (χ1v) is 7.52. The van der Waals surface area contributed by atoms with Crippen LogP contribution in [0.4, 0.5) is 11.5 Å². The first kappa shape index (κ1) is 17.0. The summed E-state index contributed by atoms with van der Waals surface area (Å²) in [5.74, 6) is 0.738. The third kappa shape index (κ3) is 4.32. The van der Waals surface area contributed by atoms with Crippen molar-refractivity contribution in [1.29, 1.82) is 0 Å². The predicted molar refractivity (Wildman–Crippen MR) is 91.5 cm³/mol. The molecule has 1 aromatic heterocycles. The molecule has 0 bridgehead atoms. The van der Waals surface area contributed by atoms with Crippen LogP contribution in [0.25, 0.3) is 0 Å². The molecule has 0 radical (unpaired) electrons. The third-order valence-corrected chi connectivity index (χ3v) is 3.47. The molecule has 122 valence electrons. The number of rotatable bonds is 5. The molecule has 0 saturated heterocycles. The Morgan fingerprint density at radius 1 is 1.26 bits per heavy atom. The normalized spacial score (nSPS) is 10.5. The zero-order chi connectivity index (χ0) is 17.0. The number of hydrogen-bond donors (Lipinski definition) is 2. The van der Waals surface area contributed by atoms with Gasteiger partial charge in [0.2, 0.25) is 0 Å². The quantitative estimate of drug-likeness (QED) is 0.875. The lowest BCUT2D eigenvalue weighted by atomic mass is 10.2. The van der Waals surface area contributed by atoms with Crippen molar-refractivity contribution in [2.45, 2.75) is 26.8 Å². The summed E-state index contributed by atoms with van der Waals surface area (Å²) in [6.45, 7) is 5.83. The van der Waals surface area contributed by atoms with Gasteiger partial charge >= 0.3 is 0 Å². The summed E-state index contributed by atoms with van der Waals surface area (Å²) < 4.78 is 5.25. The molecular weight excluding hydrogens is 316 g/mol. The summed E-state index contributed by atoms with van der Waals surface area (Å²) in [6, 6.07) is 5.23. The van der Waals surface area contributed by atoms with Gasteiger partial charge in [0, 0.05) is 23.2 Å². The molecule has 2 rings (SSSR count). The lowest BCUT2D eigenvalue weighted by molar-refractivity contribution is 0.102. The summed E-state index contributed by atoms with van der Waals surface area (Å²) in [6.07, 6.45) is 1.35. The van der Waals surface area contributed by atoms with Gasteiger partial charge in [-0.25, -0.2) is 9.97 Å². The number of amides is 1. The molecule has 1 heterocycles. The van der Waals surface area contributed by atoms with Crippen molar-refractivity contribution in [2.75, 3.05) is 17.7 Å².